The third kappa shape index (κ3) is 5.54. The largest absolute Gasteiger partial charge is 0.373 e. The summed E-state index contributed by atoms with van der Waals surface area (Å²) in [5.74, 6) is 0.343. The number of carbonyl (C=O) groups excluding carboxylic acids is 1. The molecular formula is C18H31N5O5S. The Morgan fingerprint density at radius 1 is 1.17 bits per heavy atom. The van der Waals surface area contributed by atoms with E-state index < -0.39 is 10.2 Å². The molecule has 164 valence electrons. The SMILES string of the molecule is CC(C)c1cc(NC(=O)CN2CCN(S(=O)(=O)N3C[C@@H](C)O[C@H](C)C3)CC2)on1. The lowest BCUT2D eigenvalue weighted by atomic mass is 10.1. The van der Waals surface area contributed by atoms with E-state index in [0.717, 1.165) is 5.69 Å². The van der Waals surface area contributed by atoms with Gasteiger partial charge in [0.2, 0.25) is 11.8 Å². The molecule has 29 heavy (non-hydrogen) atoms. The van der Waals surface area contributed by atoms with Gasteiger partial charge in [0.1, 0.15) is 0 Å². The summed E-state index contributed by atoms with van der Waals surface area (Å²) >= 11 is 0. The highest BCUT2D eigenvalue weighted by atomic mass is 32.2. The molecule has 3 rings (SSSR count). The number of ether oxygens (including phenoxy) is 1. The molecule has 2 fully saturated rings. The fourth-order valence-corrected chi connectivity index (χ4v) is 5.35. The smallest absolute Gasteiger partial charge is 0.282 e. The van der Waals surface area contributed by atoms with Crippen molar-refractivity contribution in [2.24, 2.45) is 0 Å². The number of hydrogen-bond acceptors (Lipinski definition) is 7. The molecule has 0 spiro atoms. The zero-order valence-corrected chi connectivity index (χ0v) is 18.3. The Hall–Kier alpha value is -1.53. The Labute approximate surface area is 172 Å². The van der Waals surface area contributed by atoms with Gasteiger partial charge in [0.25, 0.3) is 10.2 Å². The molecule has 2 atom stereocenters. The van der Waals surface area contributed by atoms with Crippen LogP contribution in [0.3, 0.4) is 0 Å². The maximum atomic E-state index is 12.9. The lowest BCUT2D eigenvalue weighted by molar-refractivity contribution is -0.117. The van der Waals surface area contributed by atoms with Gasteiger partial charge in [0, 0.05) is 45.3 Å². The number of hydrogen-bond donors (Lipinski definition) is 1. The van der Waals surface area contributed by atoms with Crippen LogP contribution in [0.4, 0.5) is 5.88 Å². The van der Waals surface area contributed by atoms with Gasteiger partial charge in [0.15, 0.2) is 0 Å². The van der Waals surface area contributed by atoms with E-state index in [2.05, 4.69) is 10.5 Å². The number of morpholine rings is 1. The highest BCUT2D eigenvalue weighted by Crippen LogP contribution is 2.19. The molecular weight excluding hydrogens is 398 g/mol. The summed E-state index contributed by atoms with van der Waals surface area (Å²) in [6, 6.07) is 1.72. The van der Waals surface area contributed by atoms with Crippen molar-refractivity contribution in [3.63, 3.8) is 0 Å². The molecule has 1 amide bonds. The van der Waals surface area contributed by atoms with Gasteiger partial charge in [-0.3, -0.25) is 15.0 Å². The number of aromatic nitrogens is 1. The van der Waals surface area contributed by atoms with Crippen molar-refractivity contribution in [2.75, 3.05) is 51.1 Å². The first-order valence-electron chi connectivity index (χ1n) is 10.0. The summed E-state index contributed by atoms with van der Waals surface area (Å²) in [7, 11) is -3.52. The summed E-state index contributed by atoms with van der Waals surface area (Å²) in [4.78, 5) is 14.2. The van der Waals surface area contributed by atoms with Crippen molar-refractivity contribution in [3.05, 3.63) is 11.8 Å². The Bertz CT molecular complexity index is 793. The molecule has 0 aromatic carbocycles. The predicted molar refractivity (Wildman–Crippen MR) is 108 cm³/mol. The Balaban J connectivity index is 1.48. The van der Waals surface area contributed by atoms with Crippen molar-refractivity contribution in [1.29, 1.82) is 0 Å². The van der Waals surface area contributed by atoms with Crippen LogP contribution in [0.5, 0.6) is 0 Å². The summed E-state index contributed by atoms with van der Waals surface area (Å²) in [6.07, 6.45) is -0.239. The number of nitrogens with one attached hydrogen (secondary N) is 1. The molecule has 0 radical (unpaired) electrons. The second-order valence-electron chi connectivity index (χ2n) is 8.08. The number of carbonyl (C=O) groups is 1. The quantitative estimate of drug-likeness (QED) is 0.709. The van der Waals surface area contributed by atoms with Crippen molar-refractivity contribution in [1.82, 2.24) is 18.7 Å². The van der Waals surface area contributed by atoms with Gasteiger partial charge in [-0.15, -0.1) is 0 Å². The van der Waals surface area contributed by atoms with Gasteiger partial charge in [-0.1, -0.05) is 19.0 Å². The maximum Gasteiger partial charge on any atom is 0.282 e. The van der Waals surface area contributed by atoms with Gasteiger partial charge < -0.3 is 9.26 Å². The van der Waals surface area contributed by atoms with Gasteiger partial charge in [-0.25, -0.2) is 0 Å². The lowest BCUT2D eigenvalue weighted by Crippen LogP contribution is -2.57. The number of rotatable bonds is 6. The van der Waals surface area contributed by atoms with Crippen molar-refractivity contribution < 1.29 is 22.5 Å². The van der Waals surface area contributed by atoms with Crippen LogP contribution in [-0.2, 0) is 19.7 Å². The fourth-order valence-electron chi connectivity index (χ4n) is 3.60. The zero-order valence-electron chi connectivity index (χ0n) is 17.5. The Morgan fingerprint density at radius 2 is 1.79 bits per heavy atom. The molecule has 3 heterocycles. The van der Waals surface area contributed by atoms with Crippen molar-refractivity contribution in [2.45, 2.75) is 45.8 Å². The van der Waals surface area contributed by atoms with Crippen LogP contribution in [0.2, 0.25) is 0 Å². The first kappa shape index (κ1) is 22.2. The molecule has 2 aliphatic rings. The van der Waals surface area contributed by atoms with Crippen LogP contribution in [0, 0.1) is 0 Å². The molecule has 0 aliphatic carbocycles. The number of nitrogens with zero attached hydrogens (tertiary/aromatic N) is 4. The van der Waals surface area contributed by atoms with Crippen molar-refractivity contribution >= 4 is 22.0 Å². The summed E-state index contributed by atoms with van der Waals surface area (Å²) in [6.45, 7) is 10.4. The highest BCUT2D eigenvalue weighted by Gasteiger charge is 2.36. The fraction of sp³-hybridized carbons (Fsp3) is 0.778. The maximum absolute atomic E-state index is 12.9. The van der Waals surface area contributed by atoms with E-state index in [1.165, 1.54) is 8.61 Å². The van der Waals surface area contributed by atoms with Crippen LogP contribution in [0.25, 0.3) is 0 Å². The van der Waals surface area contributed by atoms with Crippen LogP contribution in [0.1, 0.15) is 39.3 Å². The standard InChI is InChI=1S/C18H31N5O5S/c1-13(2)16-9-18(28-20-16)19-17(24)12-21-5-7-22(8-6-21)29(25,26)23-10-14(3)27-15(4)11-23/h9,13-15H,5-8,10-12H2,1-4H3,(H,19,24)/t14-,15-/m1/s1. The van der Waals surface area contributed by atoms with E-state index in [1.807, 2.05) is 32.6 Å². The molecule has 1 aromatic heterocycles. The van der Waals surface area contributed by atoms with E-state index >= 15 is 0 Å². The predicted octanol–water partition coefficient (Wildman–Crippen LogP) is 0.708. The van der Waals surface area contributed by atoms with E-state index in [0.29, 0.717) is 45.2 Å². The van der Waals surface area contributed by atoms with E-state index in [4.69, 9.17) is 9.26 Å². The second-order valence-corrected chi connectivity index (χ2v) is 10.0. The van der Waals surface area contributed by atoms with Crippen LogP contribution in [-0.4, -0.2) is 91.0 Å². The first-order chi connectivity index (χ1) is 13.6. The monoisotopic (exact) mass is 429 g/mol. The topological polar surface area (TPSA) is 108 Å². The van der Waals surface area contributed by atoms with E-state index in [9.17, 15) is 13.2 Å². The van der Waals surface area contributed by atoms with Gasteiger partial charge in [-0.2, -0.15) is 17.0 Å². The summed E-state index contributed by atoms with van der Waals surface area (Å²) in [5.41, 5.74) is 0.783. The number of anilines is 1. The minimum atomic E-state index is -3.52. The number of amides is 1. The van der Waals surface area contributed by atoms with E-state index in [-0.39, 0.29) is 30.6 Å². The molecule has 1 aromatic rings. The minimum Gasteiger partial charge on any atom is -0.373 e. The van der Waals surface area contributed by atoms with Crippen LogP contribution < -0.4 is 5.32 Å². The van der Waals surface area contributed by atoms with Gasteiger partial charge in [-0.05, 0) is 19.8 Å². The van der Waals surface area contributed by atoms with Crippen molar-refractivity contribution in [3.8, 4) is 0 Å². The Morgan fingerprint density at radius 3 is 2.34 bits per heavy atom. The van der Waals surface area contributed by atoms with Gasteiger partial charge >= 0.3 is 0 Å². The summed E-state index contributed by atoms with van der Waals surface area (Å²) in [5, 5.41) is 6.62. The summed E-state index contributed by atoms with van der Waals surface area (Å²) < 4.78 is 39.6. The van der Waals surface area contributed by atoms with E-state index in [1.54, 1.807) is 6.07 Å². The normalized spacial score (nSPS) is 25.4. The molecule has 0 unspecified atom stereocenters. The molecule has 2 saturated heterocycles. The number of piperazine rings is 1. The lowest BCUT2D eigenvalue weighted by Gasteiger charge is -2.40. The highest BCUT2D eigenvalue weighted by molar-refractivity contribution is 7.86. The molecule has 1 N–H and O–H groups in total. The van der Waals surface area contributed by atoms with Crippen LogP contribution >= 0.6 is 0 Å². The Kier molecular flexibility index (Phi) is 6.94. The van der Waals surface area contributed by atoms with Crippen LogP contribution in [0.15, 0.2) is 10.6 Å². The minimum absolute atomic E-state index is 0.120. The average molecular weight is 430 g/mol. The third-order valence-corrected chi connectivity index (χ3v) is 7.09. The third-order valence-electron chi connectivity index (χ3n) is 5.12. The second kappa shape index (κ2) is 9.09. The molecule has 11 heteroatoms. The zero-order chi connectivity index (χ0) is 21.2. The first-order valence-corrected chi connectivity index (χ1v) is 11.4. The average Bonchev–Trinajstić information content (AvgIpc) is 3.10. The molecule has 10 nitrogen and oxygen atoms in total. The molecule has 0 saturated carbocycles. The molecule has 2 aliphatic heterocycles. The van der Waals surface area contributed by atoms with Gasteiger partial charge in [0.05, 0.1) is 24.4 Å². The molecule has 0 bridgehead atoms.